The molecule has 9 heteroatoms. The van der Waals surface area contributed by atoms with E-state index in [1.807, 2.05) is 0 Å². The van der Waals surface area contributed by atoms with Gasteiger partial charge in [-0.05, 0) is 24.5 Å². The molecule has 8 nitrogen and oxygen atoms in total. The number of nitrogens with two attached hydrogens (primary N) is 1. The highest BCUT2D eigenvalue weighted by molar-refractivity contribution is 5.94. The zero-order valence-electron chi connectivity index (χ0n) is 14.1. The summed E-state index contributed by atoms with van der Waals surface area (Å²) in [4.78, 5) is 22.5. The molecular weight excluding hydrogens is 346 g/mol. The number of nitrogens with zero attached hydrogens (tertiary/aromatic N) is 3. The SMILES string of the molecule is CC(C)CC(CN)NC(=O)c1cnn(-c2ccc([N+](=O)[O-])cc2)c1.Cl. The minimum absolute atomic E-state index is 0. The maximum Gasteiger partial charge on any atom is 0.269 e. The van der Waals surface area contributed by atoms with E-state index in [2.05, 4.69) is 24.3 Å². The number of carbonyl (C=O) groups is 1. The Bertz CT molecular complexity index is 715. The molecule has 2 rings (SSSR count). The average Bonchev–Trinajstić information content (AvgIpc) is 3.04. The molecule has 0 saturated heterocycles. The van der Waals surface area contributed by atoms with Gasteiger partial charge in [-0.3, -0.25) is 14.9 Å². The molecule has 0 spiro atoms. The first kappa shape index (κ1) is 20.6. The Hall–Kier alpha value is -2.45. The summed E-state index contributed by atoms with van der Waals surface area (Å²) in [5.41, 5.74) is 6.74. The number of hydrogen-bond acceptors (Lipinski definition) is 5. The molecule has 25 heavy (non-hydrogen) atoms. The summed E-state index contributed by atoms with van der Waals surface area (Å²) in [6, 6.07) is 5.86. The molecule has 0 fully saturated rings. The van der Waals surface area contributed by atoms with Gasteiger partial charge in [0.2, 0.25) is 0 Å². The molecule has 1 amide bonds. The van der Waals surface area contributed by atoms with Crippen molar-refractivity contribution in [2.75, 3.05) is 6.54 Å². The molecular formula is C16H22ClN5O3. The monoisotopic (exact) mass is 367 g/mol. The number of hydrogen-bond donors (Lipinski definition) is 2. The maximum atomic E-state index is 12.3. The normalized spacial score (nSPS) is 11.7. The predicted octanol–water partition coefficient (Wildman–Crippen LogP) is 2.31. The highest BCUT2D eigenvalue weighted by atomic mass is 35.5. The topological polar surface area (TPSA) is 116 Å². The number of rotatable bonds is 7. The third kappa shape index (κ3) is 5.54. The first-order chi connectivity index (χ1) is 11.4. The van der Waals surface area contributed by atoms with Crippen molar-refractivity contribution >= 4 is 24.0 Å². The number of nitro groups is 1. The van der Waals surface area contributed by atoms with Crippen LogP contribution in [0.4, 0.5) is 5.69 Å². The van der Waals surface area contributed by atoms with Crippen molar-refractivity contribution in [1.29, 1.82) is 0 Å². The van der Waals surface area contributed by atoms with Crippen molar-refractivity contribution in [3.05, 3.63) is 52.3 Å². The van der Waals surface area contributed by atoms with Gasteiger partial charge in [-0.25, -0.2) is 4.68 Å². The number of aromatic nitrogens is 2. The van der Waals surface area contributed by atoms with Crippen LogP contribution in [0.15, 0.2) is 36.7 Å². The highest BCUT2D eigenvalue weighted by Crippen LogP contribution is 2.15. The van der Waals surface area contributed by atoms with E-state index in [-0.39, 0.29) is 30.0 Å². The fourth-order valence-electron chi connectivity index (χ4n) is 2.36. The summed E-state index contributed by atoms with van der Waals surface area (Å²) in [5, 5.41) is 17.7. The van der Waals surface area contributed by atoms with Gasteiger partial charge < -0.3 is 11.1 Å². The first-order valence-corrected chi connectivity index (χ1v) is 7.71. The Morgan fingerprint density at radius 1 is 1.36 bits per heavy atom. The van der Waals surface area contributed by atoms with Crippen LogP contribution in [0.5, 0.6) is 0 Å². The second-order valence-electron chi connectivity index (χ2n) is 5.98. The Labute approximate surface area is 152 Å². The lowest BCUT2D eigenvalue weighted by molar-refractivity contribution is -0.384. The minimum atomic E-state index is -0.465. The van der Waals surface area contributed by atoms with Crippen molar-refractivity contribution in [3.63, 3.8) is 0 Å². The number of nitro benzene ring substituents is 1. The third-order valence-corrected chi connectivity index (χ3v) is 3.55. The van der Waals surface area contributed by atoms with E-state index in [4.69, 9.17) is 5.73 Å². The summed E-state index contributed by atoms with van der Waals surface area (Å²) >= 11 is 0. The van der Waals surface area contributed by atoms with Crippen LogP contribution in [0, 0.1) is 16.0 Å². The standard InChI is InChI=1S/C16H21N5O3.ClH/c1-11(2)7-13(8-17)19-16(22)12-9-18-20(10-12)14-3-5-15(6-4-14)21(23)24;/h3-6,9-11,13H,7-8,17H2,1-2H3,(H,19,22);1H. The summed E-state index contributed by atoms with van der Waals surface area (Å²) in [7, 11) is 0. The zero-order chi connectivity index (χ0) is 17.7. The van der Waals surface area contributed by atoms with Crippen LogP contribution >= 0.6 is 12.4 Å². The highest BCUT2D eigenvalue weighted by Gasteiger charge is 2.15. The van der Waals surface area contributed by atoms with Crippen LogP contribution in [-0.4, -0.2) is 33.2 Å². The summed E-state index contributed by atoms with van der Waals surface area (Å²) < 4.78 is 1.50. The van der Waals surface area contributed by atoms with Gasteiger partial charge >= 0.3 is 0 Å². The van der Waals surface area contributed by atoms with E-state index in [0.717, 1.165) is 6.42 Å². The molecule has 136 valence electrons. The molecule has 1 atom stereocenters. The molecule has 0 radical (unpaired) electrons. The average molecular weight is 368 g/mol. The quantitative estimate of drug-likeness (QED) is 0.575. The van der Waals surface area contributed by atoms with Gasteiger partial charge in [-0.15, -0.1) is 12.4 Å². The summed E-state index contributed by atoms with van der Waals surface area (Å²) in [5.74, 6) is 0.195. The first-order valence-electron chi connectivity index (χ1n) is 7.71. The molecule has 0 aliphatic carbocycles. The Kier molecular flexibility index (Phi) is 7.53. The molecule has 2 aromatic rings. The second-order valence-corrected chi connectivity index (χ2v) is 5.98. The van der Waals surface area contributed by atoms with Gasteiger partial charge in [0, 0.05) is 30.9 Å². The Morgan fingerprint density at radius 2 is 2.00 bits per heavy atom. The summed E-state index contributed by atoms with van der Waals surface area (Å²) in [6.07, 6.45) is 3.85. The Balaban J connectivity index is 0.00000312. The fourth-order valence-corrected chi connectivity index (χ4v) is 2.36. The molecule has 0 saturated carbocycles. The van der Waals surface area contributed by atoms with Crippen LogP contribution in [-0.2, 0) is 0 Å². The van der Waals surface area contributed by atoms with E-state index in [0.29, 0.717) is 23.7 Å². The number of non-ortho nitro benzene ring substituents is 1. The van der Waals surface area contributed by atoms with Crippen LogP contribution in [0.25, 0.3) is 5.69 Å². The second kappa shape index (κ2) is 9.14. The van der Waals surface area contributed by atoms with Crippen molar-refractivity contribution in [2.24, 2.45) is 11.7 Å². The van der Waals surface area contributed by atoms with Crippen LogP contribution in [0.2, 0.25) is 0 Å². The number of amides is 1. The fraction of sp³-hybridized carbons (Fsp3) is 0.375. The maximum absolute atomic E-state index is 12.3. The molecule has 1 heterocycles. The molecule has 1 aromatic heterocycles. The van der Waals surface area contributed by atoms with E-state index < -0.39 is 4.92 Å². The number of benzene rings is 1. The molecule has 1 unspecified atom stereocenters. The van der Waals surface area contributed by atoms with E-state index >= 15 is 0 Å². The van der Waals surface area contributed by atoms with Crippen molar-refractivity contribution < 1.29 is 9.72 Å². The molecule has 1 aromatic carbocycles. The van der Waals surface area contributed by atoms with Crippen molar-refractivity contribution in [3.8, 4) is 5.69 Å². The van der Waals surface area contributed by atoms with Gasteiger partial charge in [0.25, 0.3) is 11.6 Å². The van der Waals surface area contributed by atoms with Crippen LogP contribution in [0.1, 0.15) is 30.6 Å². The zero-order valence-corrected chi connectivity index (χ0v) is 14.9. The minimum Gasteiger partial charge on any atom is -0.348 e. The smallest absolute Gasteiger partial charge is 0.269 e. The largest absolute Gasteiger partial charge is 0.348 e. The van der Waals surface area contributed by atoms with Crippen LogP contribution < -0.4 is 11.1 Å². The van der Waals surface area contributed by atoms with E-state index in [9.17, 15) is 14.9 Å². The summed E-state index contributed by atoms with van der Waals surface area (Å²) in [6.45, 7) is 4.52. The van der Waals surface area contributed by atoms with Gasteiger partial charge in [-0.1, -0.05) is 13.8 Å². The predicted molar refractivity (Wildman–Crippen MR) is 97.2 cm³/mol. The molecule has 3 N–H and O–H groups in total. The molecule has 0 aliphatic heterocycles. The van der Waals surface area contributed by atoms with Gasteiger partial charge in [0.15, 0.2) is 0 Å². The van der Waals surface area contributed by atoms with E-state index in [1.165, 1.54) is 23.0 Å². The number of halogens is 1. The lowest BCUT2D eigenvalue weighted by Crippen LogP contribution is -2.40. The lowest BCUT2D eigenvalue weighted by atomic mass is 10.0. The number of carbonyl (C=O) groups excluding carboxylic acids is 1. The molecule has 0 aliphatic rings. The van der Waals surface area contributed by atoms with Gasteiger partial charge in [-0.2, -0.15) is 5.10 Å². The third-order valence-electron chi connectivity index (χ3n) is 3.55. The number of nitrogens with one attached hydrogen (secondary N) is 1. The van der Waals surface area contributed by atoms with Crippen molar-refractivity contribution in [1.82, 2.24) is 15.1 Å². The lowest BCUT2D eigenvalue weighted by Gasteiger charge is -2.18. The van der Waals surface area contributed by atoms with Crippen molar-refractivity contribution in [2.45, 2.75) is 26.3 Å². The van der Waals surface area contributed by atoms with Crippen LogP contribution in [0.3, 0.4) is 0 Å². The van der Waals surface area contributed by atoms with Gasteiger partial charge in [0.1, 0.15) is 0 Å². The van der Waals surface area contributed by atoms with E-state index in [1.54, 1.807) is 18.3 Å². The van der Waals surface area contributed by atoms with Gasteiger partial charge in [0.05, 0.1) is 22.4 Å². The molecule has 0 bridgehead atoms. The Morgan fingerprint density at radius 3 is 2.52 bits per heavy atom.